The molecule has 0 saturated carbocycles. The molecule has 0 unspecified atom stereocenters. The molecule has 1 heterocycles. The van der Waals surface area contributed by atoms with Crippen molar-refractivity contribution in [2.75, 3.05) is 32.7 Å². The molecule has 6 heteroatoms. The van der Waals surface area contributed by atoms with Crippen LogP contribution in [-0.2, 0) is 4.79 Å². The molecule has 0 aromatic heterocycles. The van der Waals surface area contributed by atoms with Crippen molar-refractivity contribution in [2.45, 2.75) is 13.3 Å². The molecule has 1 saturated heterocycles. The van der Waals surface area contributed by atoms with Gasteiger partial charge in [0.25, 0.3) is 5.91 Å². The molecule has 0 bridgehead atoms. The fraction of sp³-hybridized carbons (Fsp3) is 0.333. The second-order valence-corrected chi connectivity index (χ2v) is 6.73. The van der Waals surface area contributed by atoms with Gasteiger partial charge < -0.3 is 10.6 Å². The maximum Gasteiger partial charge on any atom is 0.251 e. The number of hydrogen-bond donors (Lipinski definition) is 2. The number of hydrogen-bond acceptors (Lipinski definition) is 3. The molecule has 0 aliphatic carbocycles. The van der Waals surface area contributed by atoms with Gasteiger partial charge in [-0.05, 0) is 48.2 Å². The molecule has 3 rings (SSSR count). The minimum atomic E-state index is -0.256. The average molecular weight is 369 g/mol. The van der Waals surface area contributed by atoms with Gasteiger partial charge in [-0.3, -0.25) is 14.5 Å². The van der Waals surface area contributed by atoms with Gasteiger partial charge in [0.1, 0.15) is 5.82 Å². The Kier molecular flexibility index (Phi) is 6.19. The van der Waals surface area contributed by atoms with E-state index in [2.05, 4.69) is 15.5 Å². The van der Waals surface area contributed by atoms with Crippen LogP contribution in [0, 0.1) is 12.7 Å². The largest absolute Gasteiger partial charge is 0.354 e. The lowest BCUT2D eigenvalue weighted by molar-refractivity contribution is -0.124. The molecule has 27 heavy (non-hydrogen) atoms. The Morgan fingerprint density at radius 1 is 1.26 bits per heavy atom. The van der Waals surface area contributed by atoms with Crippen LogP contribution in [0.1, 0.15) is 22.3 Å². The van der Waals surface area contributed by atoms with E-state index in [9.17, 15) is 14.0 Å². The Balaban J connectivity index is 1.56. The number of nitrogens with one attached hydrogen (secondary N) is 2. The average Bonchev–Trinajstić information content (AvgIpc) is 2.67. The quantitative estimate of drug-likeness (QED) is 0.769. The van der Waals surface area contributed by atoms with Gasteiger partial charge in [0.15, 0.2) is 0 Å². The van der Waals surface area contributed by atoms with Crippen LogP contribution >= 0.6 is 0 Å². The Morgan fingerprint density at radius 2 is 2.07 bits per heavy atom. The summed E-state index contributed by atoms with van der Waals surface area (Å²) in [6.45, 7) is 4.99. The summed E-state index contributed by atoms with van der Waals surface area (Å²) >= 11 is 0. The van der Waals surface area contributed by atoms with Gasteiger partial charge >= 0.3 is 0 Å². The Labute approximate surface area is 158 Å². The summed E-state index contributed by atoms with van der Waals surface area (Å²) in [6, 6.07) is 12.2. The molecule has 2 aromatic rings. The van der Waals surface area contributed by atoms with E-state index in [4.69, 9.17) is 0 Å². The number of carbonyl (C=O) groups is 2. The van der Waals surface area contributed by atoms with Crippen molar-refractivity contribution in [1.29, 1.82) is 0 Å². The van der Waals surface area contributed by atoms with Crippen molar-refractivity contribution < 1.29 is 14.0 Å². The molecular formula is C21H24FN3O2. The fourth-order valence-corrected chi connectivity index (χ4v) is 3.24. The Hall–Kier alpha value is -2.73. The third-order valence-electron chi connectivity index (χ3n) is 4.76. The number of amides is 2. The summed E-state index contributed by atoms with van der Waals surface area (Å²) in [5.74, 6) is -0.356. The van der Waals surface area contributed by atoms with Crippen LogP contribution in [0.2, 0.25) is 0 Å². The molecule has 2 N–H and O–H groups in total. The molecule has 0 radical (unpaired) electrons. The second-order valence-electron chi connectivity index (χ2n) is 6.73. The highest BCUT2D eigenvalue weighted by atomic mass is 19.1. The highest BCUT2D eigenvalue weighted by Gasteiger charge is 2.15. The van der Waals surface area contributed by atoms with Crippen molar-refractivity contribution in [2.24, 2.45) is 0 Å². The van der Waals surface area contributed by atoms with Crippen molar-refractivity contribution in [3.8, 4) is 11.1 Å². The van der Waals surface area contributed by atoms with E-state index in [1.807, 2.05) is 12.1 Å². The molecule has 0 atom stereocenters. The molecular weight excluding hydrogens is 345 g/mol. The number of piperazine rings is 1. The van der Waals surface area contributed by atoms with Crippen molar-refractivity contribution in [3.63, 3.8) is 0 Å². The highest BCUT2D eigenvalue weighted by Crippen LogP contribution is 2.25. The zero-order chi connectivity index (χ0) is 19.2. The topological polar surface area (TPSA) is 61.4 Å². The van der Waals surface area contributed by atoms with Crippen LogP contribution in [0.5, 0.6) is 0 Å². The predicted molar refractivity (Wildman–Crippen MR) is 103 cm³/mol. The van der Waals surface area contributed by atoms with Gasteiger partial charge in [-0.1, -0.05) is 24.3 Å². The van der Waals surface area contributed by atoms with Gasteiger partial charge in [0.2, 0.25) is 5.91 Å². The van der Waals surface area contributed by atoms with Gasteiger partial charge in [0.05, 0.1) is 6.54 Å². The normalized spacial score (nSPS) is 14.7. The monoisotopic (exact) mass is 369 g/mol. The minimum absolute atomic E-state index is 0.0507. The van der Waals surface area contributed by atoms with E-state index < -0.39 is 0 Å². The summed E-state index contributed by atoms with van der Waals surface area (Å²) in [4.78, 5) is 25.8. The van der Waals surface area contributed by atoms with Crippen molar-refractivity contribution >= 4 is 11.8 Å². The van der Waals surface area contributed by atoms with Gasteiger partial charge in [-0.2, -0.15) is 0 Å². The predicted octanol–water partition coefficient (Wildman–Crippen LogP) is 2.35. The number of carbonyl (C=O) groups excluding carboxylic acids is 2. The fourth-order valence-electron chi connectivity index (χ4n) is 3.24. The summed E-state index contributed by atoms with van der Waals surface area (Å²) in [5, 5.41) is 5.71. The molecule has 5 nitrogen and oxygen atoms in total. The van der Waals surface area contributed by atoms with E-state index in [1.165, 1.54) is 6.07 Å². The Bertz CT molecular complexity index is 838. The maximum atomic E-state index is 13.8. The molecule has 1 aliphatic heterocycles. The maximum absolute atomic E-state index is 13.8. The number of rotatable bonds is 6. The molecule has 1 fully saturated rings. The first-order chi connectivity index (χ1) is 13.0. The van der Waals surface area contributed by atoms with Crippen molar-refractivity contribution in [1.82, 2.24) is 15.5 Å². The highest BCUT2D eigenvalue weighted by molar-refractivity contribution is 5.95. The first kappa shape index (κ1) is 19.0. The number of halogens is 1. The summed E-state index contributed by atoms with van der Waals surface area (Å²) in [5.41, 5.74) is 2.72. The molecule has 0 spiro atoms. The standard InChI is InChI=1S/C21H24FN3O2/c1-15-18(7-3-8-19(15)22)16-5-2-6-17(13-16)21(27)24-9-4-11-25-12-10-23-20(26)14-25/h2-3,5-8,13H,4,9-12,14H2,1H3,(H,23,26)(H,24,27). The lowest BCUT2D eigenvalue weighted by atomic mass is 9.98. The first-order valence-electron chi connectivity index (χ1n) is 9.17. The Morgan fingerprint density at radius 3 is 2.89 bits per heavy atom. The second kappa shape index (κ2) is 8.77. The van der Waals surface area contributed by atoms with E-state index in [1.54, 1.807) is 31.2 Å². The van der Waals surface area contributed by atoms with E-state index in [-0.39, 0.29) is 17.6 Å². The van der Waals surface area contributed by atoms with Crippen LogP contribution in [0.15, 0.2) is 42.5 Å². The van der Waals surface area contributed by atoms with Gasteiger partial charge in [-0.15, -0.1) is 0 Å². The van der Waals surface area contributed by atoms with Crippen molar-refractivity contribution in [3.05, 3.63) is 59.4 Å². The molecule has 1 aliphatic rings. The van der Waals surface area contributed by atoms with Gasteiger partial charge in [-0.25, -0.2) is 4.39 Å². The number of benzene rings is 2. The van der Waals surface area contributed by atoms with Crippen LogP contribution in [0.3, 0.4) is 0 Å². The van der Waals surface area contributed by atoms with E-state index >= 15 is 0 Å². The third kappa shape index (κ3) is 4.92. The molecule has 142 valence electrons. The van der Waals surface area contributed by atoms with Crippen LogP contribution in [0.4, 0.5) is 4.39 Å². The number of nitrogens with zero attached hydrogens (tertiary/aromatic N) is 1. The lowest BCUT2D eigenvalue weighted by Crippen LogP contribution is -2.48. The minimum Gasteiger partial charge on any atom is -0.354 e. The molecule has 2 aromatic carbocycles. The van der Waals surface area contributed by atoms with E-state index in [0.29, 0.717) is 30.8 Å². The summed E-state index contributed by atoms with van der Waals surface area (Å²) in [7, 11) is 0. The summed E-state index contributed by atoms with van der Waals surface area (Å²) < 4.78 is 13.8. The zero-order valence-corrected chi connectivity index (χ0v) is 15.4. The van der Waals surface area contributed by atoms with E-state index in [0.717, 1.165) is 30.6 Å². The van der Waals surface area contributed by atoms with Crippen LogP contribution in [-0.4, -0.2) is 49.4 Å². The SMILES string of the molecule is Cc1c(F)cccc1-c1cccc(C(=O)NCCCN2CCNC(=O)C2)c1. The van der Waals surface area contributed by atoms with Gasteiger partial charge in [0, 0.05) is 31.7 Å². The lowest BCUT2D eigenvalue weighted by Gasteiger charge is -2.26. The zero-order valence-electron chi connectivity index (χ0n) is 15.4. The first-order valence-corrected chi connectivity index (χ1v) is 9.17. The third-order valence-corrected chi connectivity index (χ3v) is 4.76. The molecule has 2 amide bonds. The smallest absolute Gasteiger partial charge is 0.251 e. The van der Waals surface area contributed by atoms with Crippen LogP contribution in [0.25, 0.3) is 11.1 Å². The summed E-state index contributed by atoms with van der Waals surface area (Å²) in [6.07, 6.45) is 0.779. The van der Waals surface area contributed by atoms with Crippen LogP contribution < -0.4 is 10.6 Å².